The third-order valence-electron chi connectivity index (χ3n) is 3.83. The van der Waals surface area contributed by atoms with Gasteiger partial charge in [0.25, 0.3) is 5.91 Å². The van der Waals surface area contributed by atoms with E-state index in [0.717, 1.165) is 0 Å². The molecule has 0 saturated heterocycles. The van der Waals surface area contributed by atoms with Crippen molar-refractivity contribution in [2.45, 2.75) is 6.04 Å². The zero-order valence-corrected chi connectivity index (χ0v) is 13.5. The molecule has 0 spiro atoms. The van der Waals surface area contributed by atoms with E-state index in [1.807, 2.05) is 6.07 Å². The fourth-order valence-corrected chi connectivity index (χ4v) is 2.58. The topological polar surface area (TPSA) is 70.7 Å². The quantitative estimate of drug-likeness (QED) is 0.797. The SMILES string of the molecule is Cn1ccnc1[C@H](NC(=O)c1cccc(C#N)c1)c1cccc(F)c1. The van der Waals surface area contributed by atoms with Crippen LogP contribution in [0.25, 0.3) is 0 Å². The summed E-state index contributed by atoms with van der Waals surface area (Å²) in [6.07, 6.45) is 3.37. The molecular weight excluding hydrogens is 319 g/mol. The monoisotopic (exact) mass is 334 g/mol. The Balaban J connectivity index is 1.97. The first kappa shape index (κ1) is 16.4. The molecule has 1 atom stereocenters. The zero-order valence-electron chi connectivity index (χ0n) is 13.5. The number of rotatable bonds is 4. The molecule has 5 nitrogen and oxygen atoms in total. The van der Waals surface area contributed by atoms with Gasteiger partial charge in [-0.2, -0.15) is 5.26 Å². The van der Waals surface area contributed by atoms with Crippen LogP contribution >= 0.6 is 0 Å². The molecule has 3 rings (SSSR count). The van der Waals surface area contributed by atoms with Crippen LogP contribution in [0.3, 0.4) is 0 Å². The molecule has 2 aromatic carbocycles. The number of hydrogen-bond donors (Lipinski definition) is 1. The molecule has 124 valence electrons. The molecule has 0 aliphatic rings. The van der Waals surface area contributed by atoms with Gasteiger partial charge < -0.3 is 9.88 Å². The van der Waals surface area contributed by atoms with Crippen molar-refractivity contribution in [2.24, 2.45) is 7.05 Å². The maximum Gasteiger partial charge on any atom is 0.252 e. The van der Waals surface area contributed by atoms with Crippen LogP contribution in [0.5, 0.6) is 0 Å². The molecule has 0 bridgehead atoms. The van der Waals surface area contributed by atoms with Crippen LogP contribution in [0.15, 0.2) is 60.9 Å². The minimum absolute atomic E-state index is 0.356. The Labute approximate surface area is 144 Å². The standard InChI is InChI=1S/C19H15FN4O/c1-24-9-8-22-18(24)17(14-5-3-7-16(20)11-14)23-19(25)15-6-2-4-13(10-15)12-21/h2-11,17H,1H3,(H,23,25)/t17-/m1/s1. The molecule has 0 fully saturated rings. The van der Waals surface area contributed by atoms with Gasteiger partial charge in [-0.25, -0.2) is 9.37 Å². The number of carbonyl (C=O) groups is 1. The number of halogens is 1. The highest BCUT2D eigenvalue weighted by molar-refractivity contribution is 5.95. The number of aryl methyl sites for hydroxylation is 1. The van der Waals surface area contributed by atoms with E-state index < -0.39 is 11.9 Å². The van der Waals surface area contributed by atoms with E-state index in [9.17, 15) is 9.18 Å². The van der Waals surface area contributed by atoms with Crippen molar-refractivity contribution in [3.63, 3.8) is 0 Å². The zero-order chi connectivity index (χ0) is 17.8. The van der Waals surface area contributed by atoms with E-state index in [-0.39, 0.29) is 5.91 Å². The fourth-order valence-electron chi connectivity index (χ4n) is 2.58. The van der Waals surface area contributed by atoms with Gasteiger partial charge in [0.1, 0.15) is 17.7 Å². The summed E-state index contributed by atoms with van der Waals surface area (Å²) in [5.74, 6) is -0.179. The summed E-state index contributed by atoms with van der Waals surface area (Å²) in [6, 6.07) is 13.8. The molecule has 3 aromatic rings. The molecule has 1 amide bonds. The summed E-state index contributed by atoms with van der Waals surface area (Å²) in [5.41, 5.74) is 1.33. The van der Waals surface area contributed by atoms with E-state index in [1.165, 1.54) is 18.2 Å². The molecule has 1 aromatic heterocycles. The number of nitrogens with one attached hydrogen (secondary N) is 1. The molecule has 1 N–H and O–H groups in total. The van der Waals surface area contributed by atoms with Gasteiger partial charge in [-0.1, -0.05) is 18.2 Å². The van der Waals surface area contributed by atoms with Gasteiger partial charge in [0.2, 0.25) is 0 Å². The summed E-state index contributed by atoms with van der Waals surface area (Å²) in [5, 5.41) is 11.9. The number of benzene rings is 2. The molecule has 0 saturated carbocycles. The highest BCUT2D eigenvalue weighted by Gasteiger charge is 2.22. The molecule has 0 unspecified atom stereocenters. The van der Waals surface area contributed by atoms with Crippen molar-refractivity contribution in [3.05, 3.63) is 89.3 Å². The van der Waals surface area contributed by atoms with Crippen molar-refractivity contribution in [1.29, 1.82) is 5.26 Å². The van der Waals surface area contributed by atoms with Gasteiger partial charge in [0.05, 0.1) is 11.6 Å². The van der Waals surface area contributed by atoms with Crippen molar-refractivity contribution in [3.8, 4) is 6.07 Å². The second-order valence-electron chi connectivity index (χ2n) is 5.55. The minimum atomic E-state index is -0.617. The van der Waals surface area contributed by atoms with Crippen LogP contribution in [0.4, 0.5) is 4.39 Å². The summed E-state index contributed by atoms with van der Waals surface area (Å²) < 4.78 is 15.4. The predicted molar refractivity (Wildman–Crippen MR) is 90.1 cm³/mol. The van der Waals surface area contributed by atoms with Crippen LogP contribution in [0.1, 0.15) is 33.4 Å². The van der Waals surface area contributed by atoms with Gasteiger partial charge in [0, 0.05) is 25.0 Å². The maximum absolute atomic E-state index is 13.7. The Hall–Kier alpha value is -3.46. The average Bonchev–Trinajstić information content (AvgIpc) is 3.05. The van der Waals surface area contributed by atoms with Gasteiger partial charge in [-0.05, 0) is 35.9 Å². The second-order valence-corrected chi connectivity index (χ2v) is 5.55. The summed E-state index contributed by atoms with van der Waals surface area (Å²) in [4.78, 5) is 16.9. The molecular formula is C19H15FN4O. The Morgan fingerprint density at radius 3 is 2.76 bits per heavy atom. The summed E-state index contributed by atoms with van der Waals surface area (Å²) >= 11 is 0. The third-order valence-corrected chi connectivity index (χ3v) is 3.83. The van der Waals surface area contributed by atoms with E-state index in [0.29, 0.717) is 22.5 Å². The molecule has 0 aliphatic carbocycles. The van der Waals surface area contributed by atoms with E-state index in [1.54, 1.807) is 54.3 Å². The Bertz CT molecular complexity index is 958. The largest absolute Gasteiger partial charge is 0.338 e. The Morgan fingerprint density at radius 1 is 1.28 bits per heavy atom. The summed E-state index contributed by atoms with van der Waals surface area (Å²) in [6.45, 7) is 0. The number of aromatic nitrogens is 2. The van der Waals surface area contributed by atoms with E-state index >= 15 is 0 Å². The number of nitrogens with zero attached hydrogens (tertiary/aromatic N) is 3. The third kappa shape index (κ3) is 3.56. The smallest absolute Gasteiger partial charge is 0.252 e. The van der Waals surface area contributed by atoms with Crippen LogP contribution in [0.2, 0.25) is 0 Å². The molecule has 0 aliphatic heterocycles. The average molecular weight is 334 g/mol. The van der Waals surface area contributed by atoms with E-state index in [4.69, 9.17) is 5.26 Å². The first-order chi connectivity index (χ1) is 12.1. The Morgan fingerprint density at radius 2 is 2.08 bits per heavy atom. The maximum atomic E-state index is 13.7. The van der Waals surface area contributed by atoms with Gasteiger partial charge in [-0.3, -0.25) is 4.79 Å². The van der Waals surface area contributed by atoms with Crippen LogP contribution in [-0.2, 0) is 7.05 Å². The van der Waals surface area contributed by atoms with Crippen LogP contribution < -0.4 is 5.32 Å². The predicted octanol–water partition coefficient (Wildman–Crippen LogP) is 2.95. The van der Waals surface area contributed by atoms with E-state index in [2.05, 4.69) is 10.3 Å². The van der Waals surface area contributed by atoms with Crippen molar-refractivity contribution >= 4 is 5.91 Å². The van der Waals surface area contributed by atoms with Gasteiger partial charge in [-0.15, -0.1) is 0 Å². The number of carbonyl (C=O) groups excluding carboxylic acids is 1. The normalized spacial score (nSPS) is 11.6. The number of imidazole rings is 1. The second kappa shape index (κ2) is 6.97. The molecule has 6 heteroatoms. The van der Waals surface area contributed by atoms with Gasteiger partial charge in [0.15, 0.2) is 0 Å². The van der Waals surface area contributed by atoms with Crippen molar-refractivity contribution in [2.75, 3.05) is 0 Å². The number of hydrogen-bond acceptors (Lipinski definition) is 3. The number of amides is 1. The molecule has 25 heavy (non-hydrogen) atoms. The van der Waals surface area contributed by atoms with Gasteiger partial charge >= 0.3 is 0 Å². The lowest BCUT2D eigenvalue weighted by molar-refractivity contribution is 0.0941. The van der Waals surface area contributed by atoms with Crippen molar-refractivity contribution < 1.29 is 9.18 Å². The lowest BCUT2D eigenvalue weighted by atomic mass is 10.0. The lowest BCUT2D eigenvalue weighted by Crippen LogP contribution is -2.31. The highest BCUT2D eigenvalue weighted by atomic mass is 19.1. The van der Waals surface area contributed by atoms with Crippen LogP contribution in [-0.4, -0.2) is 15.5 Å². The number of nitriles is 1. The first-order valence-electron chi connectivity index (χ1n) is 7.62. The van der Waals surface area contributed by atoms with Crippen molar-refractivity contribution in [1.82, 2.24) is 14.9 Å². The fraction of sp³-hybridized carbons (Fsp3) is 0.105. The summed E-state index contributed by atoms with van der Waals surface area (Å²) in [7, 11) is 1.80. The Kier molecular flexibility index (Phi) is 4.57. The van der Waals surface area contributed by atoms with Crippen LogP contribution in [0, 0.1) is 17.1 Å². The first-order valence-corrected chi connectivity index (χ1v) is 7.62. The minimum Gasteiger partial charge on any atom is -0.338 e. The highest BCUT2D eigenvalue weighted by Crippen LogP contribution is 2.22. The molecule has 1 heterocycles. The lowest BCUT2D eigenvalue weighted by Gasteiger charge is -2.19. The molecule has 0 radical (unpaired) electrons.